The molecule has 1 aliphatic rings. The van der Waals surface area contributed by atoms with Gasteiger partial charge in [-0.15, -0.1) is 0 Å². The second-order valence-electron chi connectivity index (χ2n) is 6.71. The van der Waals surface area contributed by atoms with Gasteiger partial charge < -0.3 is 14.4 Å². The van der Waals surface area contributed by atoms with Gasteiger partial charge in [-0.25, -0.2) is 4.68 Å². The summed E-state index contributed by atoms with van der Waals surface area (Å²) in [4.78, 5) is 25.1. The monoisotopic (exact) mass is 408 g/mol. The molecule has 0 N–H and O–H groups in total. The lowest BCUT2D eigenvalue weighted by molar-refractivity contribution is -0.384. The highest BCUT2D eigenvalue weighted by atomic mass is 16.6. The van der Waals surface area contributed by atoms with Gasteiger partial charge in [0.1, 0.15) is 13.2 Å². The third-order valence-corrected chi connectivity index (χ3v) is 4.83. The fraction of sp³-hybridized carbons (Fsp3) is 0.238. The molecule has 0 fully saturated rings. The van der Waals surface area contributed by atoms with Crippen molar-refractivity contribution >= 4 is 11.6 Å². The van der Waals surface area contributed by atoms with Gasteiger partial charge >= 0.3 is 0 Å². The molecule has 30 heavy (non-hydrogen) atoms. The maximum Gasteiger partial charge on any atom is 0.269 e. The van der Waals surface area contributed by atoms with Crippen LogP contribution in [0.15, 0.2) is 54.9 Å². The van der Waals surface area contributed by atoms with Crippen molar-refractivity contribution in [3.8, 4) is 17.2 Å². The minimum Gasteiger partial charge on any atom is -0.486 e. The molecule has 1 amide bonds. The standard InChI is InChI=1S/C21H20N4O5/c1-2-23(13-15-4-3-5-19-20(15)30-11-10-29-19)21(26)16-12-22-24(14-16)17-6-8-18(9-7-17)25(27)28/h3-9,12,14H,2,10-11,13H2,1H3. The van der Waals surface area contributed by atoms with E-state index in [-0.39, 0.29) is 11.6 Å². The van der Waals surface area contributed by atoms with E-state index in [9.17, 15) is 14.9 Å². The number of fused-ring (bicyclic) bond motifs is 1. The Morgan fingerprint density at radius 1 is 1.20 bits per heavy atom. The molecule has 0 aliphatic carbocycles. The Bertz CT molecular complexity index is 1080. The molecule has 2 heterocycles. The van der Waals surface area contributed by atoms with Crippen LogP contribution in [0, 0.1) is 10.1 Å². The number of amides is 1. The molecule has 1 aliphatic heterocycles. The Balaban J connectivity index is 1.53. The van der Waals surface area contributed by atoms with E-state index in [0.29, 0.717) is 49.1 Å². The zero-order chi connectivity index (χ0) is 21.1. The van der Waals surface area contributed by atoms with E-state index in [1.165, 1.54) is 23.0 Å². The molecule has 4 rings (SSSR count). The van der Waals surface area contributed by atoms with Crippen LogP contribution in [-0.2, 0) is 6.54 Å². The summed E-state index contributed by atoms with van der Waals surface area (Å²) >= 11 is 0. The predicted molar refractivity (Wildman–Crippen MR) is 108 cm³/mol. The van der Waals surface area contributed by atoms with E-state index in [1.807, 2.05) is 25.1 Å². The Kier molecular flexibility index (Phi) is 5.34. The molecule has 0 spiro atoms. The Hall–Kier alpha value is -3.88. The van der Waals surface area contributed by atoms with Gasteiger partial charge in [-0.05, 0) is 25.1 Å². The molecule has 1 aromatic heterocycles. The summed E-state index contributed by atoms with van der Waals surface area (Å²) in [5, 5.41) is 15.0. The van der Waals surface area contributed by atoms with Crippen LogP contribution in [0.3, 0.4) is 0 Å². The van der Waals surface area contributed by atoms with Gasteiger partial charge in [0.2, 0.25) is 0 Å². The Morgan fingerprint density at radius 2 is 1.97 bits per heavy atom. The van der Waals surface area contributed by atoms with E-state index in [4.69, 9.17) is 9.47 Å². The van der Waals surface area contributed by atoms with Crippen LogP contribution in [0.1, 0.15) is 22.8 Å². The highest BCUT2D eigenvalue weighted by Crippen LogP contribution is 2.34. The van der Waals surface area contributed by atoms with E-state index < -0.39 is 4.92 Å². The molecule has 0 saturated carbocycles. The molecule has 3 aromatic rings. The number of para-hydroxylation sites is 1. The fourth-order valence-electron chi connectivity index (χ4n) is 3.28. The van der Waals surface area contributed by atoms with Crippen molar-refractivity contribution in [1.82, 2.24) is 14.7 Å². The van der Waals surface area contributed by atoms with Crippen LogP contribution in [0.25, 0.3) is 5.69 Å². The minimum atomic E-state index is -0.460. The number of nitrogens with zero attached hydrogens (tertiary/aromatic N) is 4. The van der Waals surface area contributed by atoms with Crippen molar-refractivity contribution in [1.29, 1.82) is 0 Å². The number of nitro benzene ring substituents is 1. The van der Waals surface area contributed by atoms with Gasteiger partial charge in [0.15, 0.2) is 11.5 Å². The van der Waals surface area contributed by atoms with Gasteiger partial charge in [0.25, 0.3) is 11.6 Å². The molecular weight excluding hydrogens is 388 g/mol. The summed E-state index contributed by atoms with van der Waals surface area (Å²) in [5.41, 5.74) is 1.93. The number of benzene rings is 2. The van der Waals surface area contributed by atoms with Crippen molar-refractivity contribution in [3.05, 3.63) is 76.1 Å². The number of rotatable bonds is 6. The third-order valence-electron chi connectivity index (χ3n) is 4.83. The average Bonchev–Trinajstić information content (AvgIpc) is 3.27. The molecule has 9 nitrogen and oxygen atoms in total. The van der Waals surface area contributed by atoms with E-state index >= 15 is 0 Å². The molecule has 9 heteroatoms. The largest absolute Gasteiger partial charge is 0.486 e. The highest BCUT2D eigenvalue weighted by Gasteiger charge is 2.21. The number of aromatic nitrogens is 2. The summed E-state index contributed by atoms with van der Waals surface area (Å²) < 4.78 is 12.9. The first kappa shape index (κ1) is 19.4. The summed E-state index contributed by atoms with van der Waals surface area (Å²) in [6.45, 7) is 3.78. The smallest absolute Gasteiger partial charge is 0.269 e. The lowest BCUT2D eigenvalue weighted by Crippen LogP contribution is -2.30. The van der Waals surface area contributed by atoms with Crippen LogP contribution in [0.4, 0.5) is 5.69 Å². The van der Waals surface area contributed by atoms with Crippen LogP contribution >= 0.6 is 0 Å². The van der Waals surface area contributed by atoms with Crippen molar-refractivity contribution in [2.24, 2.45) is 0 Å². The van der Waals surface area contributed by atoms with Gasteiger partial charge in [0.05, 0.1) is 22.4 Å². The molecule has 0 unspecified atom stereocenters. The van der Waals surface area contributed by atoms with Crippen LogP contribution in [0.5, 0.6) is 11.5 Å². The number of hydrogen-bond acceptors (Lipinski definition) is 6. The fourth-order valence-corrected chi connectivity index (χ4v) is 3.28. The first-order valence-corrected chi connectivity index (χ1v) is 9.53. The van der Waals surface area contributed by atoms with E-state index in [2.05, 4.69) is 5.10 Å². The lowest BCUT2D eigenvalue weighted by atomic mass is 10.1. The number of ether oxygens (including phenoxy) is 2. The first-order valence-electron chi connectivity index (χ1n) is 9.53. The van der Waals surface area contributed by atoms with Crippen molar-refractivity contribution < 1.29 is 19.2 Å². The van der Waals surface area contributed by atoms with Crippen LogP contribution < -0.4 is 9.47 Å². The molecule has 0 radical (unpaired) electrons. The van der Waals surface area contributed by atoms with Crippen molar-refractivity contribution in [2.45, 2.75) is 13.5 Å². The Labute approximate surface area is 172 Å². The van der Waals surface area contributed by atoms with Gasteiger partial charge in [-0.3, -0.25) is 14.9 Å². The van der Waals surface area contributed by atoms with Gasteiger partial charge in [-0.1, -0.05) is 12.1 Å². The summed E-state index contributed by atoms with van der Waals surface area (Å²) in [6, 6.07) is 11.6. The molecule has 2 aromatic carbocycles. The normalized spacial score (nSPS) is 12.4. The number of hydrogen-bond donors (Lipinski definition) is 0. The predicted octanol–water partition coefficient (Wildman–Crippen LogP) is 3.21. The van der Waals surface area contributed by atoms with E-state index in [0.717, 1.165) is 5.56 Å². The molecule has 0 saturated heterocycles. The second kappa shape index (κ2) is 8.24. The zero-order valence-corrected chi connectivity index (χ0v) is 16.4. The number of carbonyl (C=O) groups excluding carboxylic acids is 1. The average molecular weight is 408 g/mol. The molecule has 0 atom stereocenters. The maximum absolute atomic E-state index is 13.0. The molecule has 0 bridgehead atoms. The topological polar surface area (TPSA) is 99.7 Å². The van der Waals surface area contributed by atoms with Crippen LogP contribution in [-0.4, -0.2) is 45.3 Å². The zero-order valence-electron chi connectivity index (χ0n) is 16.4. The summed E-state index contributed by atoms with van der Waals surface area (Å²) in [7, 11) is 0. The quantitative estimate of drug-likeness (QED) is 0.459. The van der Waals surface area contributed by atoms with E-state index in [1.54, 1.807) is 23.2 Å². The van der Waals surface area contributed by atoms with Crippen molar-refractivity contribution in [2.75, 3.05) is 19.8 Å². The first-order chi connectivity index (χ1) is 14.6. The molecule has 154 valence electrons. The maximum atomic E-state index is 13.0. The van der Waals surface area contributed by atoms with Crippen LogP contribution in [0.2, 0.25) is 0 Å². The summed E-state index contributed by atoms with van der Waals surface area (Å²) in [6.07, 6.45) is 3.11. The number of nitro groups is 1. The third kappa shape index (κ3) is 3.82. The number of carbonyl (C=O) groups is 1. The van der Waals surface area contributed by atoms with Gasteiger partial charge in [-0.2, -0.15) is 5.10 Å². The van der Waals surface area contributed by atoms with Crippen molar-refractivity contribution in [3.63, 3.8) is 0 Å². The minimum absolute atomic E-state index is 0.00300. The Morgan fingerprint density at radius 3 is 2.70 bits per heavy atom. The summed E-state index contributed by atoms with van der Waals surface area (Å²) in [5.74, 6) is 1.20. The SMILES string of the molecule is CCN(Cc1cccc2c1OCCO2)C(=O)c1cnn(-c2ccc([N+](=O)[O-])cc2)c1. The van der Waals surface area contributed by atoms with Gasteiger partial charge in [0, 0.05) is 37.0 Å². The second-order valence-corrected chi connectivity index (χ2v) is 6.71. The number of non-ortho nitro benzene ring substituents is 1. The lowest BCUT2D eigenvalue weighted by Gasteiger charge is -2.25. The highest BCUT2D eigenvalue weighted by molar-refractivity contribution is 5.93. The molecular formula is C21H20N4O5.